The largest absolute Gasteiger partial charge is 0.372 e. The van der Waals surface area contributed by atoms with Gasteiger partial charge in [-0.25, -0.2) is 0 Å². The van der Waals surface area contributed by atoms with Gasteiger partial charge in [0.15, 0.2) is 0 Å². The molecule has 2 atom stereocenters. The van der Waals surface area contributed by atoms with E-state index in [0.29, 0.717) is 12.5 Å². The molecule has 2 aromatic heterocycles. The number of benzene rings is 1. The van der Waals surface area contributed by atoms with Crippen LogP contribution in [0.5, 0.6) is 0 Å². The molecule has 6 heteroatoms. The summed E-state index contributed by atoms with van der Waals surface area (Å²) in [5.74, 6) is 0.374. The van der Waals surface area contributed by atoms with Gasteiger partial charge in [0.05, 0.1) is 5.69 Å². The standard InChI is InChI=1S/C20H24N4O2/c1-24-18(8-9-22-24)19-15(6-4-10-26-19)12-21-13-16-11-14-5-2-3-7-17(14)23-20(16)25/h2-3,5,7-9,11,15,19,21H,4,6,10,12-13H2,1H3,(H,23,25)/t15-,19+/m0/s1. The molecule has 0 radical (unpaired) electrons. The van der Waals surface area contributed by atoms with Crippen molar-refractivity contribution in [2.75, 3.05) is 13.2 Å². The van der Waals surface area contributed by atoms with E-state index in [1.807, 2.05) is 54.3 Å². The van der Waals surface area contributed by atoms with Crippen LogP contribution in [0.25, 0.3) is 10.9 Å². The van der Waals surface area contributed by atoms with Crippen molar-refractivity contribution in [2.45, 2.75) is 25.5 Å². The molecule has 3 heterocycles. The van der Waals surface area contributed by atoms with Gasteiger partial charge in [-0.1, -0.05) is 18.2 Å². The third-order valence-electron chi connectivity index (χ3n) is 5.15. The van der Waals surface area contributed by atoms with E-state index in [1.165, 1.54) is 0 Å². The van der Waals surface area contributed by atoms with Gasteiger partial charge in [0, 0.05) is 49.9 Å². The summed E-state index contributed by atoms with van der Waals surface area (Å²) in [6.07, 6.45) is 4.04. The molecular formula is C20H24N4O2. The fraction of sp³-hybridized carbons (Fsp3) is 0.400. The second-order valence-electron chi connectivity index (χ2n) is 6.92. The van der Waals surface area contributed by atoms with Crippen LogP contribution >= 0.6 is 0 Å². The number of ether oxygens (including phenoxy) is 1. The van der Waals surface area contributed by atoms with E-state index in [4.69, 9.17) is 4.74 Å². The Balaban J connectivity index is 1.44. The Labute approximate surface area is 152 Å². The van der Waals surface area contributed by atoms with E-state index in [0.717, 1.165) is 48.2 Å². The highest BCUT2D eigenvalue weighted by Crippen LogP contribution is 2.32. The van der Waals surface area contributed by atoms with Crippen LogP contribution in [0.1, 0.15) is 30.2 Å². The molecule has 0 amide bonds. The fourth-order valence-corrected chi connectivity index (χ4v) is 3.76. The zero-order valence-corrected chi connectivity index (χ0v) is 14.9. The molecule has 6 nitrogen and oxygen atoms in total. The Hall–Kier alpha value is -2.44. The number of hydrogen-bond acceptors (Lipinski definition) is 4. The van der Waals surface area contributed by atoms with Gasteiger partial charge in [0.2, 0.25) is 0 Å². The van der Waals surface area contributed by atoms with Gasteiger partial charge in [0.25, 0.3) is 5.56 Å². The second kappa shape index (κ2) is 7.43. The minimum atomic E-state index is -0.0284. The number of para-hydroxylation sites is 1. The van der Waals surface area contributed by atoms with Crippen molar-refractivity contribution in [3.8, 4) is 0 Å². The van der Waals surface area contributed by atoms with Crippen molar-refractivity contribution in [1.82, 2.24) is 20.1 Å². The SMILES string of the molecule is Cn1nccc1[C@@H]1OCCC[C@H]1CNCc1cc2ccccc2[nH]c1=O. The molecule has 4 rings (SSSR count). The predicted octanol–water partition coefficient (Wildman–Crippen LogP) is 2.52. The summed E-state index contributed by atoms with van der Waals surface area (Å²) in [7, 11) is 1.95. The van der Waals surface area contributed by atoms with Crippen LogP contribution in [0.4, 0.5) is 0 Å². The van der Waals surface area contributed by atoms with Crippen LogP contribution in [0, 0.1) is 5.92 Å². The summed E-state index contributed by atoms with van der Waals surface area (Å²) >= 11 is 0. The molecule has 2 N–H and O–H groups in total. The predicted molar refractivity (Wildman–Crippen MR) is 101 cm³/mol. The van der Waals surface area contributed by atoms with Gasteiger partial charge >= 0.3 is 0 Å². The van der Waals surface area contributed by atoms with Crippen LogP contribution in [-0.4, -0.2) is 27.9 Å². The first kappa shape index (κ1) is 17.0. The fourth-order valence-electron chi connectivity index (χ4n) is 3.76. The Kier molecular flexibility index (Phi) is 4.86. The minimum absolute atomic E-state index is 0.0284. The maximum atomic E-state index is 12.3. The third-order valence-corrected chi connectivity index (χ3v) is 5.15. The normalized spacial score (nSPS) is 20.5. The highest BCUT2D eigenvalue weighted by molar-refractivity contribution is 5.78. The monoisotopic (exact) mass is 352 g/mol. The van der Waals surface area contributed by atoms with Crippen LogP contribution in [0.15, 0.2) is 47.4 Å². The first-order valence-corrected chi connectivity index (χ1v) is 9.13. The van der Waals surface area contributed by atoms with Gasteiger partial charge in [-0.05, 0) is 36.4 Å². The van der Waals surface area contributed by atoms with Crippen LogP contribution in [0.3, 0.4) is 0 Å². The summed E-state index contributed by atoms with van der Waals surface area (Å²) in [6, 6.07) is 11.8. The molecule has 1 aromatic carbocycles. The maximum Gasteiger partial charge on any atom is 0.252 e. The number of hydrogen-bond donors (Lipinski definition) is 2. The zero-order chi connectivity index (χ0) is 17.9. The Morgan fingerprint density at radius 1 is 1.35 bits per heavy atom. The van der Waals surface area contributed by atoms with Gasteiger partial charge in [-0.15, -0.1) is 0 Å². The number of aromatic amines is 1. The molecule has 0 spiro atoms. The summed E-state index contributed by atoms with van der Waals surface area (Å²) < 4.78 is 7.92. The second-order valence-corrected chi connectivity index (χ2v) is 6.92. The quantitative estimate of drug-likeness (QED) is 0.740. The highest BCUT2D eigenvalue weighted by atomic mass is 16.5. The molecule has 1 aliphatic heterocycles. The van der Waals surface area contributed by atoms with E-state index in [2.05, 4.69) is 15.4 Å². The number of aryl methyl sites for hydroxylation is 1. The smallest absolute Gasteiger partial charge is 0.252 e. The Morgan fingerprint density at radius 2 is 2.23 bits per heavy atom. The van der Waals surface area contributed by atoms with E-state index >= 15 is 0 Å². The molecule has 0 unspecified atom stereocenters. The molecule has 1 fully saturated rings. The summed E-state index contributed by atoms with van der Waals surface area (Å²) in [5.41, 5.74) is 2.72. The molecular weight excluding hydrogens is 328 g/mol. The van der Waals surface area contributed by atoms with Crippen molar-refractivity contribution >= 4 is 10.9 Å². The lowest BCUT2D eigenvalue weighted by Crippen LogP contribution is -2.33. The van der Waals surface area contributed by atoms with Crippen LogP contribution < -0.4 is 10.9 Å². The van der Waals surface area contributed by atoms with E-state index in [1.54, 1.807) is 0 Å². The lowest BCUT2D eigenvalue weighted by Gasteiger charge is -2.32. The average Bonchev–Trinajstić information content (AvgIpc) is 3.08. The lowest BCUT2D eigenvalue weighted by atomic mass is 9.92. The van der Waals surface area contributed by atoms with Gasteiger partial charge < -0.3 is 15.0 Å². The molecule has 0 bridgehead atoms. The summed E-state index contributed by atoms with van der Waals surface area (Å²) in [6.45, 7) is 2.15. The van der Waals surface area contributed by atoms with Crippen LogP contribution in [0.2, 0.25) is 0 Å². The van der Waals surface area contributed by atoms with Crippen molar-refractivity contribution in [2.24, 2.45) is 13.0 Å². The third kappa shape index (κ3) is 3.43. The van der Waals surface area contributed by atoms with Crippen LogP contribution in [-0.2, 0) is 18.3 Å². The number of nitrogens with one attached hydrogen (secondary N) is 2. The Bertz CT molecular complexity index is 946. The molecule has 136 valence electrons. The topological polar surface area (TPSA) is 71.9 Å². The maximum absolute atomic E-state index is 12.3. The zero-order valence-electron chi connectivity index (χ0n) is 14.9. The average molecular weight is 352 g/mol. The molecule has 0 aliphatic carbocycles. The molecule has 3 aromatic rings. The van der Waals surface area contributed by atoms with E-state index in [9.17, 15) is 4.79 Å². The lowest BCUT2D eigenvalue weighted by molar-refractivity contribution is -0.0323. The van der Waals surface area contributed by atoms with Crippen molar-refractivity contribution < 1.29 is 4.74 Å². The summed E-state index contributed by atoms with van der Waals surface area (Å²) in [4.78, 5) is 15.2. The van der Waals surface area contributed by atoms with E-state index in [-0.39, 0.29) is 11.7 Å². The number of fused-ring (bicyclic) bond motifs is 1. The number of nitrogens with zero attached hydrogens (tertiary/aromatic N) is 2. The first-order chi connectivity index (χ1) is 12.7. The van der Waals surface area contributed by atoms with Gasteiger partial charge in [-0.2, -0.15) is 5.10 Å². The molecule has 1 aliphatic rings. The number of H-pyrrole nitrogens is 1. The minimum Gasteiger partial charge on any atom is -0.372 e. The molecule has 1 saturated heterocycles. The highest BCUT2D eigenvalue weighted by Gasteiger charge is 2.29. The molecule has 26 heavy (non-hydrogen) atoms. The van der Waals surface area contributed by atoms with Gasteiger partial charge in [-0.3, -0.25) is 9.48 Å². The van der Waals surface area contributed by atoms with Crippen molar-refractivity contribution in [3.05, 3.63) is 64.2 Å². The first-order valence-electron chi connectivity index (χ1n) is 9.13. The summed E-state index contributed by atoms with van der Waals surface area (Å²) in [5, 5.41) is 8.78. The van der Waals surface area contributed by atoms with E-state index < -0.39 is 0 Å². The van der Waals surface area contributed by atoms with Gasteiger partial charge in [0.1, 0.15) is 6.10 Å². The Morgan fingerprint density at radius 3 is 3.08 bits per heavy atom. The number of rotatable bonds is 5. The van der Waals surface area contributed by atoms with Crippen molar-refractivity contribution in [1.29, 1.82) is 0 Å². The number of pyridine rings is 1. The molecule has 0 saturated carbocycles. The number of aromatic nitrogens is 3. The van der Waals surface area contributed by atoms with Crippen molar-refractivity contribution in [3.63, 3.8) is 0 Å².